The highest BCUT2D eigenvalue weighted by Gasteiger charge is 2.38. The van der Waals surface area contributed by atoms with Crippen molar-refractivity contribution in [1.82, 2.24) is 5.32 Å². The third-order valence-corrected chi connectivity index (χ3v) is 3.41. The van der Waals surface area contributed by atoms with E-state index in [0.717, 1.165) is 18.0 Å². The van der Waals surface area contributed by atoms with Crippen LogP contribution >= 0.6 is 0 Å². The highest BCUT2D eigenvalue weighted by Crippen LogP contribution is 2.42. The van der Waals surface area contributed by atoms with Crippen LogP contribution in [0.1, 0.15) is 46.5 Å². The zero-order valence-electron chi connectivity index (χ0n) is 8.56. The van der Waals surface area contributed by atoms with Crippen molar-refractivity contribution in [3.63, 3.8) is 0 Å². The van der Waals surface area contributed by atoms with E-state index in [1.54, 1.807) is 0 Å². The summed E-state index contributed by atoms with van der Waals surface area (Å²) in [5.41, 5.74) is 0.543. The minimum atomic E-state index is 0.543. The Hall–Kier alpha value is -0.0400. The summed E-state index contributed by atoms with van der Waals surface area (Å²) in [6.45, 7) is 7.10. The molecule has 12 heavy (non-hydrogen) atoms. The Kier molecular flexibility index (Phi) is 1.95. The van der Waals surface area contributed by atoms with Crippen LogP contribution in [-0.2, 0) is 0 Å². The third-order valence-electron chi connectivity index (χ3n) is 3.41. The Morgan fingerprint density at radius 1 is 1.00 bits per heavy atom. The van der Waals surface area contributed by atoms with Crippen LogP contribution in [0.15, 0.2) is 0 Å². The second kappa shape index (κ2) is 2.73. The molecule has 0 aromatic heterocycles. The Balaban J connectivity index is 1.68. The molecule has 2 aliphatic carbocycles. The first-order valence-electron chi connectivity index (χ1n) is 5.32. The summed E-state index contributed by atoms with van der Waals surface area (Å²) in [5, 5.41) is 3.69. The van der Waals surface area contributed by atoms with Crippen molar-refractivity contribution in [1.29, 1.82) is 0 Å². The summed E-state index contributed by atoms with van der Waals surface area (Å²) in [4.78, 5) is 0. The van der Waals surface area contributed by atoms with Gasteiger partial charge in [0.05, 0.1) is 0 Å². The maximum absolute atomic E-state index is 3.69. The molecule has 0 bridgehead atoms. The molecule has 0 unspecified atom stereocenters. The number of hydrogen-bond donors (Lipinski definition) is 1. The smallest absolute Gasteiger partial charge is 0.00753 e. The van der Waals surface area contributed by atoms with Crippen LogP contribution in [0.25, 0.3) is 0 Å². The highest BCUT2D eigenvalue weighted by molar-refractivity contribution is 4.95. The standard InChI is InChI=1S/C11H21N/c1-11(2,3)8-6-10(7-8)12-9-4-5-9/h8-10,12H,4-7H2,1-3H3. The first-order valence-corrected chi connectivity index (χ1v) is 5.32. The van der Waals surface area contributed by atoms with E-state index >= 15 is 0 Å². The van der Waals surface area contributed by atoms with E-state index in [9.17, 15) is 0 Å². The number of hydrogen-bond acceptors (Lipinski definition) is 1. The lowest BCUT2D eigenvalue weighted by Gasteiger charge is -2.44. The van der Waals surface area contributed by atoms with E-state index < -0.39 is 0 Å². The van der Waals surface area contributed by atoms with Crippen LogP contribution in [0.4, 0.5) is 0 Å². The van der Waals surface area contributed by atoms with Crippen molar-refractivity contribution in [2.75, 3.05) is 0 Å². The first kappa shape index (κ1) is 8.55. The van der Waals surface area contributed by atoms with Crippen molar-refractivity contribution in [2.24, 2.45) is 11.3 Å². The van der Waals surface area contributed by atoms with Gasteiger partial charge in [0.25, 0.3) is 0 Å². The Bertz CT molecular complexity index is 158. The molecule has 0 aromatic carbocycles. The van der Waals surface area contributed by atoms with Gasteiger partial charge >= 0.3 is 0 Å². The highest BCUT2D eigenvalue weighted by atomic mass is 15.0. The fourth-order valence-electron chi connectivity index (χ4n) is 2.04. The molecule has 0 spiro atoms. The van der Waals surface area contributed by atoms with E-state index in [-0.39, 0.29) is 0 Å². The molecule has 1 N–H and O–H groups in total. The molecule has 0 saturated heterocycles. The summed E-state index contributed by atoms with van der Waals surface area (Å²) in [7, 11) is 0. The maximum atomic E-state index is 3.69. The molecule has 70 valence electrons. The van der Waals surface area contributed by atoms with E-state index in [1.165, 1.54) is 25.7 Å². The molecular formula is C11H21N. The van der Waals surface area contributed by atoms with Gasteiger partial charge in [-0.3, -0.25) is 0 Å². The van der Waals surface area contributed by atoms with Crippen LogP contribution < -0.4 is 5.32 Å². The van der Waals surface area contributed by atoms with Gasteiger partial charge in [-0.2, -0.15) is 0 Å². The summed E-state index contributed by atoms with van der Waals surface area (Å²) in [5.74, 6) is 0.966. The van der Waals surface area contributed by atoms with Crippen LogP contribution in [0.5, 0.6) is 0 Å². The molecule has 1 nitrogen and oxygen atoms in total. The predicted octanol–water partition coefficient (Wildman–Crippen LogP) is 2.56. The van der Waals surface area contributed by atoms with Gasteiger partial charge in [0.15, 0.2) is 0 Å². The topological polar surface area (TPSA) is 12.0 Å². The molecule has 0 radical (unpaired) electrons. The average Bonchev–Trinajstić information content (AvgIpc) is 2.56. The van der Waals surface area contributed by atoms with Crippen LogP contribution in [-0.4, -0.2) is 12.1 Å². The van der Waals surface area contributed by atoms with E-state index in [4.69, 9.17) is 0 Å². The molecule has 2 aliphatic rings. The lowest BCUT2D eigenvalue weighted by molar-refractivity contribution is 0.0978. The Morgan fingerprint density at radius 3 is 2.00 bits per heavy atom. The predicted molar refractivity (Wildman–Crippen MR) is 52.1 cm³/mol. The maximum Gasteiger partial charge on any atom is 0.00753 e. The van der Waals surface area contributed by atoms with E-state index in [0.29, 0.717) is 5.41 Å². The van der Waals surface area contributed by atoms with Gasteiger partial charge < -0.3 is 5.32 Å². The molecule has 0 atom stereocenters. The van der Waals surface area contributed by atoms with Crippen LogP contribution in [0.3, 0.4) is 0 Å². The molecular weight excluding hydrogens is 146 g/mol. The normalized spacial score (nSPS) is 36.2. The second-order valence-electron chi connectivity index (χ2n) is 5.67. The quantitative estimate of drug-likeness (QED) is 0.666. The van der Waals surface area contributed by atoms with Crippen LogP contribution in [0.2, 0.25) is 0 Å². The number of rotatable bonds is 2. The second-order valence-corrected chi connectivity index (χ2v) is 5.67. The van der Waals surface area contributed by atoms with Crippen molar-refractivity contribution in [2.45, 2.75) is 58.5 Å². The zero-order chi connectivity index (χ0) is 8.77. The van der Waals surface area contributed by atoms with Crippen molar-refractivity contribution in [3.05, 3.63) is 0 Å². The lowest BCUT2D eigenvalue weighted by atomic mass is 9.66. The minimum absolute atomic E-state index is 0.543. The average molecular weight is 167 g/mol. The molecule has 0 heterocycles. The van der Waals surface area contributed by atoms with Gasteiger partial charge in [-0.1, -0.05) is 20.8 Å². The monoisotopic (exact) mass is 167 g/mol. The van der Waals surface area contributed by atoms with Gasteiger partial charge in [-0.25, -0.2) is 0 Å². The molecule has 1 heteroatoms. The summed E-state index contributed by atoms with van der Waals surface area (Å²) < 4.78 is 0. The first-order chi connectivity index (χ1) is 5.55. The number of nitrogens with one attached hydrogen (secondary N) is 1. The molecule has 2 fully saturated rings. The Morgan fingerprint density at radius 2 is 1.58 bits per heavy atom. The van der Waals surface area contributed by atoms with E-state index in [2.05, 4.69) is 26.1 Å². The lowest BCUT2D eigenvalue weighted by Crippen LogP contribution is -2.46. The Labute approximate surface area is 75.9 Å². The van der Waals surface area contributed by atoms with Gasteiger partial charge in [0.2, 0.25) is 0 Å². The summed E-state index contributed by atoms with van der Waals surface area (Å²) in [6.07, 6.45) is 5.69. The minimum Gasteiger partial charge on any atom is -0.311 e. The van der Waals surface area contributed by atoms with Crippen LogP contribution in [0, 0.1) is 11.3 Å². The molecule has 0 amide bonds. The third kappa shape index (κ3) is 1.82. The van der Waals surface area contributed by atoms with Crippen molar-refractivity contribution in [3.8, 4) is 0 Å². The van der Waals surface area contributed by atoms with Gasteiger partial charge in [0, 0.05) is 12.1 Å². The van der Waals surface area contributed by atoms with E-state index in [1.807, 2.05) is 0 Å². The largest absolute Gasteiger partial charge is 0.311 e. The molecule has 0 aliphatic heterocycles. The SMILES string of the molecule is CC(C)(C)C1CC(NC2CC2)C1. The zero-order valence-corrected chi connectivity index (χ0v) is 8.56. The van der Waals surface area contributed by atoms with Crippen molar-refractivity contribution < 1.29 is 0 Å². The summed E-state index contributed by atoms with van der Waals surface area (Å²) >= 11 is 0. The summed E-state index contributed by atoms with van der Waals surface area (Å²) in [6, 6.07) is 1.76. The van der Waals surface area contributed by atoms with Gasteiger partial charge in [0.1, 0.15) is 0 Å². The fourth-order valence-corrected chi connectivity index (χ4v) is 2.04. The van der Waals surface area contributed by atoms with Gasteiger partial charge in [-0.15, -0.1) is 0 Å². The fraction of sp³-hybridized carbons (Fsp3) is 1.00. The molecule has 2 saturated carbocycles. The molecule has 2 rings (SSSR count). The van der Waals surface area contributed by atoms with Crippen molar-refractivity contribution >= 4 is 0 Å². The molecule has 0 aromatic rings. The van der Waals surface area contributed by atoms with Gasteiger partial charge in [-0.05, 0) is 37.0 Å².